The van der Waals surface area contributed by atoms with Crippen LogP contribution in [0.5, 0.6) is 0 Å². The Bertz CT molecular complexity index is 540. The number of ether oxygens (including phenoxy) is 5. The summed E-state index contributed by atoms with van der Waals surface area (Å²) in [4.78, 5) is 56.5. The minimum absolute atomic E-state index is 0.433. The third-order valence-corrected chi connectivity index (χ3v) is 2.84. The molecule has 1 heterocycles. The lowest BCUT2D eigenvalue weighted by molar-refractivity contribution is -0.177. The maximum Gasteiger partial charge on any atom is 0.352 e. The maximum absolute atomic E-state index is 11.9. The largest absolute Gasteiger partial charge is 0.462 e. The standard InChI is InChI=1S/C14H18O10/c1-6(15)20-5-10(21-7(2)16)11-12(22-8(3)17)13(14(19)24-11)23-9(4)18/h10-13H,5H2,1-4H3/t10-,11-,12+,13-/m1/s1. The molecule has 0 aromatic carbocycles. The second-order valence-electron chi connectivity index (χ2n) is 4.96. The molecule has 0 aromatic rings. The van der Waals surface area contributed by atoms with Gasteiger partial charge in [0.05, 0.1) is 0 Å². The molecule has 134 valence electrons. The minimum Gasteiger partial charge on any atom is -0.462 e. The van der Waals surface area contributed by atoms with E-state index >= 15 is 0 Å². The van der Waals surface area contributed by atoms with Gasteiger partial charge in [0.1, 0.15) is 6.61 Å². The molecule has 0 amide bonds. The highest BCUT2D eigenvalue weighted by Gasteiger charge is 2.54. The van der Waals surface area contributed by atoms with Gasteiger partial charge in [0.2, 0.25) is 6.10 Å². The molecule has 10 nitrogen and oxygen atoms in total. The van der Waals surface area contributed by atoms with E-state index in [2.05, 4.69) is 0 Å². The fourth-order valence-corrected chi connectivity index (χ4v) is 2.09. The molecule has 0 N–H and O–H groups in total. The van der Waals surface area contributed by atoms with Gasteiger partial charge in [0, 0.05) is 27.7 Å². The van der Waals surface area contributed by atoms with Gasteiger partial charge in [-0.05, 0) is 0 Å². The van der Waals surface area contributed by atoms with E-state index in [9.17, 15) is 24.0 Å². The summed E-state index contributed by atoms with van der Waals surface area (Å²) >= 11 is 0. The highest BCUT2D eigenvalue weighted by Crippen LogP contribution is 2.27. The summed E-state index contributed by atoms with van der Waals surface area (Å²) in [5.74, 6) is -3.92. The second kappa shape index (κ2) is 8.27. The number of carbonyl (C=O) groups is 5. The molecule has 1 aliphatic heterocycles. The number of hydrogen-bond acceptors (Lipinski definition) is 10. The van der Waals surface area contributed by atoms with Crippen LogP contribution in [-0.2, 0) is 47.7 Å². The Morgan fingerprint density at radius 1 is 0.958 bits per heavy atom. The van der Waals surface area contributed by atoms with E-state index in [0.717, 1.165) is 27.7 Å². The van der Waals surface area contributed by atoms with Gasteiger partial charge in [-0.15, -0.1) is 0 Å². The average molecular weight is 346 g/mol. The van der Waals surface area contributed by atoms with Gasteiger partial charge in [0.25, 0.3) is 0 Å². The fraction of sp³-hybridized carbons (Fsp3) is 0.643. The van der Waals surface area contributed by atoms with Gasteiger partial charge in [-0.2, -0.15) is 0 Å². The number of carbonyl (C=O) groups excluding carboxylic acids is 5. The van der Waals surface area contributed by atoms with E-state index in [-0.39, 0.29) is 0 Å². The van der Waals surface area contributed by atoms with E-state index < -0.39 is 60.9 Å². The van der Waals surface area contributed by atoms with Crippen LogP contribution in [0.1, 0.15) is 27.7 Å². The van der Waals surface area contributed by atoms with Crippen molar-refractivity contribution in [2.75, 3.05) is 6.61 Å². The molecule has 1 rings (SSSR count). The van der Waals surface area contributed by atoms with Gasteiger partial charge >= 0.3 is 29.8 Å². The molecule has 0 aliphatic carbocycles. The molecule has 0 aromatic heterocycles. The Morgan fingerprint density at radius 2 is 1.54 bits per heavy atom. The monoisotopic (exact) mass is 346 g/mol. The molecule has 0 radical (unpaired) electrons. The molecule has 1 aliphatic rings. The van der Waals surface area contributed by atoms with Crippen LogP contribution in [0.2, 0.25) is 0 Å². The predicted molar refractivity (Wildman–Crippen MR) is 73.2 cm³/mol. The first kappa shape index (κ1) is 19.4. The predicted octanol–water partition coefficient (Wildman–Crippen LogP) is -0.730. The first-order chi connectivity index (χ1) is 11.1. The van der Waals surface area contributed by atoms with Gasteiger partial charge < -0.3 is 23.7 Å². The van der Waals surface area contributed by atoms with Gasteiger partial charge in [-0.1, -0.05) is 0 Å². The molecular formula is C14H18O10. The Morgan fingerprint density at radius 3 is 2.00 bits per heavy atom. The third kappa shape index (κ3) is 5.52. The van der Waals surface area contributed by atoms with E-state index in [1.807, 2.05) is 0 Å². The Labute approximate surface area is 137 Å². The molecule has 0 saturated carbocycles. The number of rotatable bonds is 6. The Hall–Kier alpha value is -2.65. The first-order valence-corrected chi connectivity index (χ1v) is 6.97. The normalized spacial score (nSPS) is 23.7. The van der Waals surface area contributed by atoms with Crippen LogP contribution in [-0.4, -0.2) is 60.9 Å². The molecule has 4 atom stereocenters. The van der Waals surface area contributed by atoms with Crippen LogP contribution in [0.3, 0.4) is 0 Å². The molecular weight excluding hydrogens is 328 g/mol. The van der Waals surface area contributed by atoms with Crippen molar-refractivity contribution in [2.24, 2.45) is 0 Å². The van der Waals surface area contributed by atoms with Crippen LogP contribution in [0.4, 0.5) is 0 Å². The van der Waals surface area contributed by atoms with Crippen LogP contribution >= 0.6 is 0 Å². The lowest BCUT2D eigenvalue weighted by Gasteiger charge is -2.26. The zero-order valence-electron chi connectivity index (χ0n) is 13.6. The third-order valence-electron chi connectivity index (χ3n) is 2.84. The lowest BCUT2D eigenvalue weighted by Crippen LogP contribution is -2.46. The van der Waals surface area contributed by atoms with Crippen molar-refractivity contribution in [3.63, 3.8) is 0 Å². The summed E-state index contributed by atoms with van der Waals surface area (Å²) in [6.45, 7) is 3.95. The quantitative estimate of drug-likeness (QED) is 0.448. The zero-order valence-corrected chi connectivity index (χ0v) is 13.6. The first-order valence-electron chi connectivity index (χ1n) is 6.97. The summed E-state index contributed by atoms with van der Waals surface area (Å²) in [5.41, 5.74) is 0. The summed E-state index contributed by atoms with van der Waals surface area (Å²) in [7, 11) is 0. The van der Waals surface area contributed by atoms with Gasteiger partial charge in [0.15, 0.2) is 18.3 Å². The van der Waals surface area contributed by atoms with Crippen molar-refractivity contribution in [1.29, 1.82) is 0 Å². The van der Waals surface area contributed by atoms with Crippen LogP contribution in [0.25, 0.3) is 0 Å². The van der Waals surface area contributed by atoms with Gasteiger partial charge in [-0.25, -0.2) is 4.79 Å². The summed E-state index contributed by atoms with van der Waals surface area (Å²) in [5, 5.41) is 0. The highest BCUT2D eigenvalue weighted by molar-refractivity contribution is 5.82. The van der Waals surface area contributed by atoms with Crippen LogP contribution < -0.4 is 0 Å². The topological polar surface area (TPSA) is 132 Å². The summed E-state index contributed by atoms with van der Waals surface area (Å²) in [6, 6.07) is 0. The molecule has 24 heavy (non-hydrogen) atoms. The smallest absolute Gasteiger partial charge is 0.352 e. The molecule has 0 spiro atoms. The summed E-state index contributed by atoms with van der Waals surface area (Å²) < 4.78 is 24.6. The zero-order chi connectivity index (χ0) is 18.4. The van der Waals surface area contributed by atoms with Crippen molar-refractivity contribution in [3.05, 3.63) is 0 Å². The molecule has 1 saturated heterocycles. The van der Waals surface area contributed by atoms with Crippen molar-refractivity contribution in [3.8, 4) is 0 Å². The lowest BCUT2D eigenvalue weighted by atomic mass is 10.1. The molecule has 0 unspecified atom stereocenters. The number of cyclic esters (lactones) is 1. The molecule has 10 heteroatoms. The van der Waals surface area contributed by atoms with E-state index in [1.165, 1.54) is 0 Å². The van der Waals surface area contributed by atoms with Gasteiger partial charge in [-0.3, -0.25) is 19.2 Å². The average Bonchev–Trinajstić information content (AvgIpc) is 2.70. The minimum atomic E-state index is -1.51. The highest BCUT2D eigenvalue weighted by atomic mass is 16.7. The van der Waals surface area contributed by atoms with Crippen molar-refractivity contribution >= 4 is 29.8 Å². The molecule has 1 fully saturated rings. The van der Waals surface area contributed by atoms with Crippen molar-refractivity contribution in [1.82, 2.24) is 0 Å². The number of hydrogen-bond donors (Lipinski definition) is 0. The van der Waals surface area contributed by atoms with E-state index in [0.29, 0.717) is 0 Å². The second-order valence-corrected chi connectivity index (χ2v) is 4.96. The van der Waals surface area contributed by atoms with Crippen LogP contribution in [0, 0.1) is 0 Å². The molecule has 0 bridgehead atoms. The van der Waals surface area contributed by atoms with E-state index in [4.69, 9.17) is 23.7 Å². The fourth-order valence-electron chi connectivity index (χ4n) is 2.09. The summed E-state index contributed by atoms with van der Waals surface area (Å²) in [6.07, 6.45) is -5.39. The Balaban J connectivity index is 3.05. The number of esters is 5. The van der Waals surface area contributed by atoms with E-state index in [1.54, 1.807) is 0 Å². The van der Waals surface area contributed by atoms with Crippen molar-refractivity contribution in [2.45, 2.75) is 52.1 Å². The maximum atomic E-state index is 11.9. The van der Waals surface area contributed by atoms with Crippen molar-refractivity contribution < 1.29 is 47.7 Å². The van der Waals surface area contributed by atoms with Crippen LogP contribution in [0.15, 0.2) is 0 Å². The Kier molecular flexibility index (Phi) is 6.69. The SMILES string of the molecule is CC(=O)OC[C@@H](OC(C)=O)[C@H]1OC(=O)[C@H](OC(C)=O)[C@H]1OC(C)=O.